The van der Waals surface area contributed by atoms with Gasteiger partial charge in [-0.2, -0.15) is 0 Å². The van der Waals surface area contributed by atoms with Crippen molar-refractivity contribution in [3.63, 3.8) is 0 Å². The van der Waals surface area contributed by atoms with Crippen molar-refractivity contribution >= 4 is 10.4 Å². The van der Waals surface area contributed by atoms with Crippen molar-refractivity contribution < 1.29 is 94.1 Å². The Labute approximate surface area is 243 Å². The van der Waals surface area contributed by atoms with Crippen molar-refractivity contribution in [3.05, 3.63) is 0 Å². The van der Waals surface area contributed by atoms with Crippen LogP contribution in [0.15, 0.2) is 0 Å². The van der Waals surface area contributed by atoms with Gasteiger partial charge in [0, 0.05) is 7.11 Å². The molecule has 0 aromatic rings. The van der Waals surface area contributed by atoms with Gasteiger partial charge in [-0.1, -0.05) is 0 Å². The maximum absolute atomic E-state index is 10.2. The van der Waals surface area contributed by atoms with Crippen LogP contribution in [-0.4, -0.2) is 152 Å². The molecule has 0 heterocycles. The first-order chi connectivity index (χ1) is 17.6. The standard InChI is InChI=1S/C21H44O14S.Na/c1-25-2-3-26-4-5-27-6-7-28-8-9-29-10-11-30-12-13-31-14-15-32-16-17-33-18-19-34-20-21-35-36(22,23)24;/h2-21H2,1H3,(H,22,23,24);/q;+1/p-1. The fourth-order valence-electron chi connectivity index (χ4n) is 2.20. The Balaban J connectivity index is 0. The van der Waals surface area contributed by atoms with Gasteiger partial charge in [0.2, 0.25) is 10.4 Å². The van der Waals surface area contributed by atoms with E-state index in [9.17, 15) is 13.0 Å². The molecule has 37 heavy (non-hydrogen) atoms. The molecule has 16 heteroatoms. The van der Waals surface area contributed by atoms with Gasteiger partial charge in [-0.3, -0.25) is 4.18 Å². The van der Waals surface area contributed by atoms with Crippen molar-refractivity contribution in [1.82, 2.24) is 0 Å². The predicted molar refractivity (Wildman–Crippen MR) is 125 cm³/mol. The molecule has 0 radical (unpaired) electrons. The molecule has 0 saturated heterocycles. The number of rotatable bonds is 31. The minimum atomic E-state index is -4.67. The summed E-state index contributed by atoms with van der Waals surface area (Å²) >= 11 is 0. The zero-order valence-corrected chi connectivity index (χ0v) is 25.1. The SMILES string of the molecule is COCCOCCOCCOCCOCCOCCOCCOCCOCCOCCOS(=O)(=O)[O-].[Na+]. The number of hydrogen-bond acceptors (Lipinski definition) is 14. The zero-order valence-electron chi connectivity index (χ0n) is 22.3. The molecule has 0 aromatic heterocycles. The molecule has 0 amide bonds. The van der Waals surface area contributed by atoms with E-state index in [1.54, 1.807) is 7.11 Å². The molecular formula is C21H43NaO14S. The summed E-state index contributed by atoms with van der Waals surface area (Å²) in [5.41, 5.74) is 0. The van der Waals surface area contributed by atoms with Crippen LogP contribution in [0.5, 0.6) is 0 Å². The molecule has 0 aliphatic heterocycles. The normalized spacial score (nSPS) is 11.6. The van der Waals surface area contributed by atoms with Gasteiger partial charge in [-0.15, -0.1) is 0 Å². The fourth-order valence-corrected chi connectivity index (χ4v) is 2.47. The summed E-state index contributed by atoms with van der Waals surface area (Å²) in [7, 11) is -3.03. The van der Waals surface area contributed by atoms with Crippen LogP contribution in [0.25, 0.3) is 0 Å². The third-order valence-electron chi connectivity index (χ3n) is 3.86. The van der Waals surface area contributed by atoms with E-state index in [0.717, 1.165) is 0 Å². The molecule has 0 N–H and O–H groups in total. The first-order valence-electron chi connectivity index (χ1n) is 11.8. The number of methoxy groups -OCH3 is 1. The quantitative estimate of drug-likeness (QED) is 0.0344. The Bertz CT molecular complexity index is 529. The van der Waals surface area contributed by atoms with Gasteiger partial charge < -0.3 is 51.9 Å². The van der Waals surface area contributed by atoms with Gasteiger partial charge in [-0.25, -0.2) is 8.42 Å². The summed E-state index contributed by atoms with van der Waals surface area (Å²) in [5.74, 6) is 0. The van der Waals surface area contributed by atoms with Crippen LogP contribution in [-0.2, 0) is 62.0 Å². The van der Waals surface area contributed by atoms with Crippen molar-refractivity contribution in [2.45, 2.75) is 0 Å². The average molecular weight is 575 g/mol. The fraction of sp³-hybridized carbons (Fsp3) is 1.00. The van der Waals surface area contributed by atoms with Crippen LogP contribution < -0.4 is 29.6 Å². The van der Waals surface area contributed by atoms with E-state index < -0.39 is 10.4 Å². The van der Waals surface area contributed by atoms with Crippen LogP contribution in [0.4, 0.5) is 0 Å². The number of hydrogen-bond donors (Lipinski definition) is 0. The molecule has 0 aliphatic carbocycles. The second-order valence-electron chi connectivity index (χ2n) is 6.73. The molecule has 0 fully saturated rings. The summed E-state index contributed by atoms with van der Waals surface area (Å²) < 4.78 is 87.3. The third kappa shape index (κ3) is 38.7. The Morgan fingerprint density at radius 2 is 0.595 bits per heavy atom. The van der Waals surface area contributed by atoms with E-state index in [-0.39, 0.29) is 49.4 Å². The van der Waals surface area contributed by atoms with Gasteiger partial charge in [-0.05, 0) is 0 Å². The van der Waals surface area contributed by atoms with Crippen LogP contribution in [0.2, 0.25) is 0 Å². The molecule has 0 aliphatic rings. The van der Waals surface area contributed by atoms with E-state index in [0.29, 0.717) is 112 Å². The molecule has 0 bridgehead atoms. The van der Waals surface area contributed by atoms with Gasteiger partial charge >= 0.3 is 29.6 Å². The molecule has 0 aromatic carbocycles. The minimum Gasteiger partial charge on any atom is -0.726 e. The second kappa shape index (κ2) is 32.7. The summed E-state index contributed by atoms with van der Waals surface area (Å²) in [6.07, 6.45) is 0. The number of ether oxygens (including phenoxy) is 10. The van der Waals surface area contributed by atoms with E-state index in [2.05, 4.69) is 4.18 Å². The van der Waals surface area contributed by atoms with E-state index in [4.69, 9.17) is 47.4 Å². The smallest absolute Gasteiger partial charge is 0.726 e. The maximum Gasteiger partial charge on any atom is 1.00 e. The van der Waals surface area contributed by atoms with Gasteiger partial charge in [0.15, 0.2) is 0 Å². The third-order valence-corrected chi connectivity index (χ3v) is 4.32. The Morgan fingerprint density at radius 3 is 0.784 bits per heavy atom. The minimum absolute atomic E-state index is 0. The predicted octanol–water partition coefficient (Wildman–Crippen LogP) is -3.74. The van der Waals surface area contributed by atoms with E-state index >= 15 is 0 Å². The summed E-state index contributed by atoms with van der Waals surface area (Å²) in [5, 5.41) is 0. The largest absolute Gasteiger partial charge is 1.00 e. The van der Waals surface area contributed by atoms with Crippen LogP contribution in [0.3, 0.4) is 0 Å². The summed E-state index contributed by atoms with van der Waals surface area (Å²) in [4.78, 5) is 0. The van der Waals surface area contributed by atoms with Crippen molar-refractivity contribution in [3.8, 4) is 0 Å². The van der Waals surface area contributed by atoms with E-state index in [1.165, 1.54) is 0 Å². The molecule has 0 spiro atoms. The van der Waals surface area contributed by atoms with Crippen LogP contribution in [0, 0.1) is 0 Å². The summed E-state index contributed by atoms with van der Waals surface area (Å²) in [6, 6.07) is 0. The van der Waals surface area contributed by atoms with Crippen LogP contribution in [0.1, 0.15) is 0 Å². The first kappa shape index (κ1) is 39.6. The molecule has 0 saturated carbocycles. The zero-order chi connectivity index (χ0) is 26.4. The monoisotopic (exact) mass is 574 g/mol. The van der Waals surface area contributed by atoms with Crippen molar-refractivity contribution in [1.29, 1.82) is 0 Å². The molecule has 14 nitrogen and oxygen atoms in total. The maximum atomic E-state index is 10.2. The Kier molecular flexibility index (Phi) is 35.0. The molecule has 218 valence electrons. The Hall–Kier alpha value is 0.470. The second-order valence-corrected chi connectivity index (χ2v) is 7.79. The molecule has 0 rings (SSSR count). The topological polar surface area (TPSA) is 159 Å². The van der Waals surface area contributed by atoms with Crippen molar-refractivity contribution in [2.24, 2.45) is 0 Å². The van der Waals surface area contributed by atoms with Gasteiger partial charge in [0.1, 0.15) is 0 Å². The van der Waals surface area contributed by atoms with Gasteiger partial charge in [0.25, 0.3) is 0 Å². The first-order valence-corrected chi connectivity index (χ1v) is 13.2. The van der Waals surface area contributed by atoms with E-state index in [1.807, 2.05) is 0 Å². The van der Waals surface area contributed by atoms with Crippen molar-refractivity contribution in [2.75, 3.05) is 139 Å². The average Bonchev–Trinajstić information content (AvgIpc) is 2.84. The summed E-state index contributed by atoms with van der Waals surface area (Å²) in [6.45, 7) is 8.14. The molecular weight excluding hydrogens is 531 g/mol. The molecule has 0 atom stereocenters. The molecule has 0 unspecified atom stereocenters. The Morgan fingerprint density at radius 1 is 0.405 bits per heavy atom. The van der Waals surface area contributed by atoms with Gasteiger partial charge in [0.05, 0.1) is 132 Å². The van der Waals surface area contributed by atoms with Crippen LogP contribution >= 0.6 is 0 Å².